The van der Waals surface area contributed by atoms with Crippen molar-refractivity contribution in [1.82, 2.24) is 0 Å². The molecule has 12 heavy (non-hydrogen) atoms. The smallest absolute Gasteiger partial charge is 0.303 e. The quantitative estimate of drug-likeness (QED) is 0.410. The van der Waals surface area contributed by atoms with E-state index >= 15 is 0 Å². The van der Waals surface area contributed by atoms with E-state index in [1.165, 1.54) is 0 Å². The van der Waals surface area contributed by atoms with Gasteiger partial charge in [0.25, 0.3) is 0 Å². The van der Waals surface area contributed by atoms with Crippen LogP contribution < -0.4 is 0 Å². The molecule has 0 rings (SSSR count). The molecule has 0 aliphatic carbocycles. The van der Waals surface area contributed by atoms with Gasteiger partial charge in [0.1, 0.15) is 0 Å². The van der Waals surface area contributed by atoms with Crippen molar-refractivity contribution in [1.29, 1.82) is 0 Å². The number of allylic oxidation sites excluding steroid dienone is 1. The molecule has 0 heterocycles. The molecule has 0 saturated carbocycles. The predicted molar refractivity (Wildman–Crippen MR) is 48.8 cm³/mol. The van der Waals surface area contributed by atoms with E-state index < -0.39 is 7.82 Å². The van der Waals surface area contributed by atoms with Crippen LogP contribution in [0.1, 0.15) is 26.7 Å². The second-order valence-corrected chi connectivity index (χ2v) is 3.32. The highest BCUT2D eigenvalue weighted by atomic mass is 31.2. The third-order valence-corrected chi connectivity index (χ3v) is 1.28. The summed E-state index contributed by atoms with van der Waals surface area (Å²) in [6, 6.07) is 0. The second kappa shape index (κ2) is 8.94. The van der Waals surface area contributed by atoms with Gasteiger partial charge in [0, 0.05) is 0 Å². The van der Waals surface area contributed by atoms with E-state index in [-0.39, 0.29) is 6.61 Å². The third kappa shape index (κ3) is 22.5. The molecule has 0 unspecified atom stereocenters. The van der Waals surface area contributed by atoms with Crippen molar-refractivity contribution in [3.05, 3.63) is 12.7 Å². The molecule has 0 aliphatic heterocycles. The van der Waals surface area contributed by atoms with Crippen molar-refractivity contribution in [3.63, 3.8) is 0 Å². The minimum atomic E-state index is -4.20. The number of hydrogen-bond donors (Lipinski definition) is 2. The summed E-state index contributed by atoms with van der Waals surface area (Å²) in [6.07, 6.45) is 3.31. The largest absolute Gasteiger partial charge is 0.469 e. The molecule has 0 aromatic rings. The average molecular weight is 196 g/mol. The molecule has 0 bridgehead atoms. The SMILES string of the molecule is C=CC.CCCCOP(=O)(O)O. The molecule has 2 N–H and O–H groups in total. The van der Waals surface area contributed by atoms with Gasteiger partial charge in [-0.3, -0.25) is 4.52 Å². The maximum Gasteiger partial charge on any atom is 0.469 e. The Hall–Kier alpha value is -0.150. The number of phosphoric ester groups is 1. The van der Waals surface area contributed by atoms with Gasteiger partial charge in [0.2, 0.25) is 0 Å². The fourth-order valence-electron chi connectivity index (χ4n) is 0.328. The van der Waals surface area contributed by atoms with Gasteiger partial charge in [0.15, 0.2) is 0 Å². The Bertz CT molecular complexity index is 140. The summed E-state index contributed by atoms with van der Waals surface area (Å²) >= 11 is 0. The number of unbranched alkanes of at least 4 members (excludes halogenated alkanes) is 1. The molecule has 0 atom stereocenters. The Balaban J connectivity index is 0. The first-order valence-electron chi connectivity index (χ1n) is 3.75. The second-order valence-electron chi connectivity index (χ2n) is 2.09. The van der Waals surface area contributed by atoms with Crippen molar-refractivity contribution < 1.29 is 18.9 Å². The van der Waals surface area contributed by atoms with E-state index in [0.29, 0.717) is 6.42 Å². The molecule has 74 valence electrons. The number of phosphoric acid groups is 1. The first kappa shape index (κ1) is 14.4. The molecule has 5 heteroatoms. The zero-order valence-corrected chi connectivity index (χ0v) is 8.46. The summed E-state index contributed by atoms with van der Waals surface area (Å²) in [5, 5.41) is 0. The molecular formula is C7H17O4P. The van der Waals surface area contributed by atoms with Crippen LogP contribution in [0, 0.1) is 0 Å². The Kier molecular flexibility index (Phi) is 10.7. The maximum absolute atomic E-state index is 9.98. The predicted octanol–water partition coefficient (Wildman–Crippen LogP) is 2.09. The topological polar surface area (TPSA) is 66.8 Å². The van der Waals surface area contributed by atoms with E-state index in [4.69, 9.17) is 9.79 Å². The van der Waals surface area contributed by atoms with Crippen LogP contribution in [-0.4, -0.2) is 16.4 Å². The van der Waals surface area contributed by atoms with Crippen molar-refractivity contribution in [2.24, 2.45) is 0 Å². The molecule has 0 saturated heterocycles. The Morgan fingerprint density at radius 2 is 2.00 bits per heavy atom. The Labute approximate surface area is 73.5 Å². The van der Waals surface area contributed by atoms with Crippen LogP contribution in [-0.2, 0) is 9.09 Å². The summed E-state index contributed by atoms with van der Waals surface area (Å²) < 4.78 is 14.1. The molecular weight excluding hydrogens is 179 g/mol. The highest BCUT2D eigenvalue weighted by molar-refractivity contribution is 7.46. The van der Waals surface area contributed by atoms with E-state index in [0.717, 1.165) is 6.42 Å². The lowest BCUT2D eigenvalue weighted by atomic mass is 10.4. The molecule has 0 spiro atoms. The van der Waals surface area contributed by atoms with Gasteiger partial charge in [-0.15, -0.1) is 6.58 Å². The van der Waals surface area contributed by atoms with Gasteiger partial charge in [0.05, 0.1) is 6.61 Å². The van der Waals surface area contributed by atoms with Crippen LogP contribution in [0.4, 0.5) is 0 Å². The van der Waals surface area contributed by atoms with Crippen LogP contribution in [0.2, 0.25) is 0 Å². The normalized spacial score (nSPS) is 10.0. The third-order valence-electron chi connectivity index (χ3n) is 0.757. The zero-order chi connectivity index (χ0) is 10.0. The minimum Gasteiger partial charge on any atom is -0.303 e. The lowest BCUT2D eigenvalue weighted by Gasteiger charge is -2.02. The summed E-state index contributed by atoms with van der Waals surface area (Å²) in [6.45, 7) is 7.31. The monoisotopic (exact) mass is 196 g/mol. The van der Waals surface area contributed by atoms with Gasteiger partial charge >= 0.3 is 7.82 Å². The maximum atomic E-state index is 9.98. The summed E-state index contributed by atoms with van der Waals surface area (Å²) in [5.74, 6) is 0. The minimum absolute atomic E-state index is 0.140. The zero-order valence-electron chi connectivity index (χ0n) is 7.56. The highest BCUT2D eigenvalue weighted by Crippen LogP contribution is 2.35. The molecule has 0 aromatic carbocycles. The average Bonchev–Trinajstić information content (AvgIpc) is 1.87. The van der Waals surface area contributed by atoms with Crippen LogP contribution in [0.15, 0.2) is 12.7 Å². The van der Waals surface area contributed by atoms with E-state index in [9.17, 15) is 4.57 Å². The Morgan fingerprint density at radius 3 is 2.25 bits per heavy atom. The Morgan fingerprint density at radius 1 is 1.58 bits per heavy atom. The molecule has 0 radical (unpaired) electrons. The molecule has 4 nitrogen and oxygen atoms in total. The van der Waals surface area contributed by atoms with Crippen LogP contribution in [0.5, 0.6) is 0 Å². The standard InChI is InChI=1S/C4H11O4P.C3H6/c1-2-3-4-8-9(5,6)7;1-3-2/h2-4H2,1H3,(H2,5,6,7);3H,1H2,2H3. The van der Waals surface area contributed by atoms with Gasteiger partial charge in [-0.1, -0.05) is 19.4 Å². The fourth-order valence-corrected chi connectivity index (χ4v) is 0.695. The number of hydrogen-bond acceptors (Lipinski definition) is 2. The lowest BCUT2D eigenvalue weighted by Crippen LogP contribution is -1.90. The van der Waals surface area contributed by atoms with Crippen molar-refractivity contribution in [2.75, 3.05) is 6.61 Å². The molecule has 0 aliphatic rings. The fraction of sp³-hybridized carbons (Fsp3) is 0.714. The van der Waals surface area contributed by atoms with E-state index in [1.54, 1.807) is 6.08 Å². The van der Waals surface area contributed by atoms with E-state index in [2.05, 4.69) is 11.1 Å². The molecule has 0 amide bonds. The molecule has 0 fully saturated rings. The van der Waals surface area contributed by atoms with Gasteiger partial charge in [-0.25, -0.2) is 4.57 Å². The van der Waals surface area contributed by atoms with Gasteiger partial charge in [-0.2, -0.15) is 0 Å². The highest BCUT2D eigenvalue weighted by Gasteiger charge is 2.11. The summed E-state index contributed by atoms with van der Waals surface area (Å²) in [4.78, 5) is 16.3. The number of rotatable bonds is 4. The van der Waals surface area contributed by atoms with E-state index in [1.807, 2.05) is 13.8 Å². The van der Waals surface area contributed by atoms with Crippen molar-refractivity contribution in [3.8, 4) is 0 Å². The van der Waals surface area contributed by atoms with Crippen molar-refractivity contribution >= 4 is 7.82 Å². The first-order chi connectivity index (χ1) is 5.47. The first-order valence-corrected chi connectivity index (χ1v) is 5.28. The summed E-state index contributed by atoms with van der Waals surface area (Å²) in [5.41, 5.74) is 0. The van der Waals surface area contributed by atoms with Crippen LogP contribution in [0.25, 0.3) is 0 Å². The van der Waals surface area contributed by atoms with Crippen LogP contribution in [0.3, 0.4) is 0 Å². The summed E-state index contributed by atoms with van der Waals surface area (Å²) in [7, 11) is -4.20. The van der Waals surface area contributed by atoms with Crippen molar-refractivity contribution in [2.45, 2.75) is 26.7 Å². The van der Waals surface area contributed by atoms with Gasteiger partial charge in [-0.05, 0) is 13.3 Å². The van der Waals surface area contributed by atoms with Crippen LogP contribution >= 0.6 is 7.82 Å². The molecule has 0 aromatic heterocycles. The lowest BCUT2D eigenvalue weighted by molar-refractivity contribution is 0.194. The van der Waals surface area contributed by atoms with Gasteiger partial charge < -0.3 is 9.79 Å².